The van der Waals surface area contributed by atoms with Crippen molar-refractivity contribution in [3.63, 3.8) is 0 Å². The van der Waals surface area contributed by atoms with Crippen LogP contribution in [0.5, 0.6) is 5.75 Å². The maximum atomic E-state index is 12.7. The summed E-state index contributed by atoms with van der Waals surface area (Å²) in [7, 11) is -4.25. The zero-order valence-corrected chi connectivity index (χ0v) is 16.4. The Morgan fingerprint density at radius 3 is 2.27 bits per heavy atom. The van der Waals surface area contributed by atoms with Gasteiger partial charge in [-0.1, -0.05) is 46.3 Å². The molecule has 0 heterocycles. The zero-order valence-electron chi connectivity index (χ0n) is 14.0. The van der Waals surface area contributed by atoms with Crippen molar-refractivity contribution in [3.05, 3.63) is 58.6 Å². The predicted octanol–water partition coefficient (Wildman–Crippen LogP) is 4.65. The highest BCUT2D eigenvalue weighted by atomic mass is 79.9. The second-order valence-electron chi connectivity index (χ2n) is 6.29. The molecule has 9 heteroatoms. The third kappa shape index (κ3) is 6.00. The minimum Gasteiger partial charge on any atom is -0.404 e. The molecule has 0 saturated carbocycles. The first-order chi connectivity index (χ1) is 11.9. The standard InChI is InChI=1S/C17H17BrF3NO3S/c1-16(2,11-12-6-4-3-5-7-12)22-26(23,24)15-9-8-13(18)10-14(15)25-17(19,20)21/h3-10,22H,11H2,1-2H3. The molecule has 0 bridgehead atoms. The van der Waals surface area contributed by atoms with E-state index in [-0.39, 0.29) is 4.47 Å². The molecule has 0 saturated heterocycles. The van der Waals surface area contributed by atoms with Crippen molar-refractivity contribution in [2.45, 2.75) is 37.1 Å². The summed E-state index contributed by atoms with van der Waals surface area (Å²) in [5.74, 6) is -0.796. The molecule has 2 aromatic carbocycles. The quantitative estimate of drug-likeness (QED) is 0.695. The van der Waals surface area contributed by atoms with E-state index in [0.717, 1.165) is 17.7 Å². The topological polar surface area (TPSA) is 55.4 Å². The Morgan fingerprint density at radius 2 is 1.69 bits per heavy atom. The van der Waals surface area contributed by atoms with Crippen LogP contribution in [0.3, 0.4) is 0 Å². The van der Waals surface area contributed by atoms with Gasteiger partial charge in [0.1, 0.15) is 4.90 Å². The van der Waals surface area contributed by atoms with E-state index in [9.17, 15) is 21.6 Å². The first-order valence-electron chi connectivity index (χ1n) is 7.51. The summed E-state index contributed by atoms with van der Waals surface area (Å²) in [5.41, 5.74) is -0.0364. The molecule has 0 aliphatic rings. The largest absolute Gasteiger partial charge is 0.573 e. The monoisotopic (exact) mass is 451 g/mol. The van der Waals surface area contributed by atoms with Gasteiger partial charge in [0.05, 0.1) is 0 Å². The molecule has 0 spiro atoms. The minimum absolute atomic E-state index is 0.263. The highest BCUT2D eigenvalue weighted by Gasteiger charge is 2.35. The van der Waals surface area contributed by atoms with Crippen LogP contribution in [-0.2, 0) is 16.4 Å². The fraction of sp³-hybridized carbons (Fsp3) is 0.294. The summed E-state index contributed by atoms with van der Waals surface area (Å²) < 4.78 is 69.8. The van der Waals surface area contributed by atoms with Crippen LogP contribution < -0.4 is 9.46 Å². The lowest BCUT2D eigenvalue weighted by Crippen LogP contribution is -2.45. The van der Waals surface area contributed by atoms with Gasteiger partial charge in [-0.25, -0.2) is 13.1 Å². The number of ether oxygens (including phenoxy) is 1. The van der Waals surface area contributed by atoms with Crippen LogP contribution in [-0.4, -0.2) is 20.3 Å². The molecule has 0 atom stereocenters. The van der Waals surface area contributed by atoms with Gasteiger partial charge in [0.2, 0.25) is 10.0 Å². The Bertz CT molecular complexity index is 869. The summed E-state index contributed by atoms with van der Waals surface area (Å²) in [6.07, 6.45) is -4.65. The van der Waals surface area contributed by atoms with Crippen LogP contribution in [0.4, 0.5) is 13.2 Å². The number of sulfonamides is 1. The molecule has 142 valence electrons. The van der Waals surface area contributed by atoms with Crippen molar-refractivity contribution in [1.29, 1.82) is 0 Å². The molecule has 0 fully saturated rings. The van der Waals surface area contributed by atoms with E-state index in [4.69, 9.17) is 0 Å². The molecule has 0 amide bonds. The van der Waals surface area contributed by atoms with Gasteiger partial charge in [-0.3, -0.25) is 0 Å². The molecule has 0 unspecified atom stereocenters. The summed E-state index contributed by atoms with van der Waals surface area (Å²) in [4.78, 5) is -0.584. The Hall–Kier alpha value is -1.58. The van der Waals surface area contributed by atoms with Crippen LogP contribution in [0.15, 0.2) is 57.9 Å². The van der Waals surface area contributed by atoms with Gasteiger partial charge < -0.3 is 4.74 Å². The van der Waals surface area contributed by atoms with Crippen molar-refractivity contribution >= 4 is 26.0 Å². The van der Waals surface area contributed by atoms with E-state index in [1.807, 2.05) is 30.3 Å². The molecule has 0 aliphatic carbocycles. The van der Waals surface area contributed by atoms with Crippen LogP contribution in [0.1, 0.15) is 19.4 Å². The normalized spacial score (nSPS) is 12.8. The summed E-state index contributed by atoms with van der Waals surface area (Å²) >= 11 is 3.01. The van der Waals surface area contributed by atoms with E-state index >= 15 is 0 Å². The van der Waals surface area contributed by atoms with Gasteiger partial charge in [0, 0.05) is 10.0 Å². The van der Waals surface area contributed by atoms with Crippen molar-refractivity contribution in [2.75, 3.05) is 0 Å². The number of hydrogen-bond acceptors (Lipinski definition) is 3. The molecule has 1 N–H and O–H groups in total. The van der Waals surface area contributed by atoms with Crippen molar-refractivity contribution in [3.8, 4) is 5.75 Å². The van der Waals surface area contributed by atoms with Crippen molar-refractivity contribution in [1.82, 2.24) is 4.72 Å². The van der Waals surface area contributed by atoms with Crippen LogP contribution in [0, 0.1) is 0 Å². The Labute approximate surface area is 158 Å². The number of alkyl halides is 3. The van der Waals surface area contributed by atoms with E-state index in [2.05, 4.69) is 25.4 Å². The number of benzene rings is 2. The van der Waals surface area contributed by atoms with E-state index in [1.54, 1.807) is 13.8 Å². The van der Waals surface area contributed by atoms with Gasteiger partial charge in [-0.15, -0.1) is 13.2 Å². The van der Waals surface area contributed by atoms with Crippen molar-refractivity contribution < 1.29 is 26.3 Å². The third-order valence-corrected chi connectivity index (χ3v) is 5.55. The Kier molecular flexibility index (Phi) is 6.04. The molecule has 2 aromatic rings. The van der Waals surface area contributed by atoms with Gasteiger partial charge in [-0.2, -0.15) is 0 Å². The van der Waals surface area contributed by atoms with Crippen LogP contribution >= 0.6 is 15.9 Å². The highest BCUT2D eigenvalue weighted by molar-refractivity contribution is 9.10. The zero-order chi connectivity index (χ0) is 19.6. The summed E-state index contributed by atoms with van der Waals surface area (Å²) in [6, 6.07) is 12.5. The van der Waals surface area contributed by atoms with E-state index in [0.29, 0.717) is 6.42 Å². The number of rotatable bonds is 6. The average Bonchev–Trinajstić information content (AvgIpc) is 2.44. The third-order valence-electron chi connectivity index (χ3n) is 3.32. The van der Waals surface area contributed by atoms with Crippen LogP contribution in [0.25, 0.3) is 0 Å². The van der Waals surface area contributed by atoms with Gasteiger partial charge in [0.15, 0.2) is 5.75 Å². The van der Waals surface area contributed by atoms with E-state index in [1.165, 1.54) is 6.07 Å². The van der Waals surface area contributed by atoms with E-state index < -0.39 is 32.6 Å². The van der Waals surface area contributed by atoms with Gasteiger partial charge >= 0.3 is 6.36 Å². The molecule has 2 rings (SSSR count). The number of halogens is 4. The fourth-order valence-electron chi connectivity index (χ4n) is 2.47. The minimum atomic E-state index is -5.01. The lowest BCUT2D eigenvalue weighted by molar-refractivity contribution is -0.275. The summed E-state index contributed by atoms with van der Waals surface area (Å²) in [6.45, 7) is 3.31. The molecule has 0 aromatic heterocycles. The molecular formula is C17H17BrF3NO3S. The lowest BCUT2D eigenvalue weighted by atomic mass is 9.96. The highest BCUT2D eigenvalue weighted by Crippen LogP contribution is 2.33. The summed E-state index contributed by atoms with van der Waals surface area (Å²) in [5, 5.41) is 0. The van der Waals surface area contributed by atoms with Gasteiger partial charge in [0.25, 0.3) is 0 Å². The SMILES string of the molecule is CC(C)(Cc1ccccc1)NS(=O)(=O)c1ccc(Br)cc1OC(F)(F)F. The first-order valence-corrected chi connectivity index (χ1v) is 9.79. The molecule has 0 radical (unpaired) electrons. The lowest BCUT2D eigenvalue weighted by Gasteiger charge is -2.26. The maximum absolute atomic E-state index is 12.7. The second kappa shape index (κ2) is 7.58. The average molecular weight is 452 g/mol. The molecular weight excluding hydrogens is 435 g/mol. The number of nitrogens with one attached hydrogen (secondary N) is 1. The van der Waals surface area contributed by atoms with Gasteiger partial charge in [-0.05, 0) is 44.0 Å². The second-order valence-corrected chi connectivity index (χ2v) is 8.86. The Morgan fingerprint density at radius 1 is 1.08 bits per heavy atom. The fourth-order valence-corrected chi connectivity index (χ4v) is 4.33. The molecule has 26 heavy (non-hydrogen) atoms. The maximum Gasteiger partial charge on any atom is 0.573 e. The first kappa shape index (κ1) is 20.7. The molecule has 4 nitrogen and oxygen atoms in total. The smallest absolute Gasteiger partial charge is 0.404 e. The number of hydrogen-bond donors (Lipinski definition) is 1. The Balaban J connectivity index is 2.32. The van der Waals surface area contributed by atoms with Crippen LogP contribution in [0.2, 0.25) is 0 Å². The molecule has 0 aliphatic heterocycles. The predicted molar refractivity (Wildman–Crippen MR) is 95.4 cm³/mol. The van der Waals surface area contributed by atoms with Crippen molar-refractivity contribution in [2.24, 2.45) is 0 Å².